The molecule has 2 N–H and O–H groups in total. The number of nitrogens with one attached hydrogen (secondary N) is 2. The van der Waals surface area contributed by atoms with Crippen molar-refractivity contribution in [2.24, 2.45) is 5.92 Å². The van der Waals surface area contributed by atoms with Crippen LogP contribution in [-0.4, -0.2) is 35.2 Å². The number of amides is 3. The first kappa shape index (κ1) is 15.5. The van der Waals surface area contributed by atoms with Gasteiger partial charge in [-0.1, -0.05) is 0 Å². The van der Waals surface area contributed by atoms with E-state index in [0.717, 1.165) is 12.8 Å². The maximum absolute atomic E-state index is 12.3. The Morgan fingerprint density at radius 3 is 2.22 bits per heavy atom. The first-order valence-corrected chi connectivity index (χ1v) is 8.01. The van der Waals surface area contributed by atoms with E-state index in [2.05, 4.69) is 10.6 Å². The molecule has 6 nitrogen and oxygen atoms in total. The lowest BCUT2D eigenvalue weighted by Crippen LogP contribution is -2.41. The highest BCUT2D eigenvalue weighted by molar-refractivity contribution is 5.97. The summed E-state index contributed by atoms with van der Waals surface area (Å²) in [4.78, 5) is 37.2. The number of hydrogen-bond donors (Lipinski definition) is 2. The zero-order valence-corrected chi connectivity index (χ0v) is 13.2. The summed E-state index contributed by atoms with van der Waals surface area (Å²) in [5.41, 5.74) is 1.35. The monoisotopic (exact) mass is 315 g/mol. The van der Waals surface area contributed by atoms with Crippen LogP contribution in [0.5, 0.6) is 0 Å². The molecule has 1 heterocycles. The lowest BCUT2D eigenvalue weighted by molar-refractivity contribution is -0.131. The molecule has 0 bridgehead atoms. The number of anilines is 2. The second-order valence-corrected chi connectivity index (χ2v) is 6.28. The lowest BCUT2D eigenvalue weighted by atomic mass is 9.92. The number of likely N-dealkylation sites (tertiary alicyclic amines) is 1. The first-order chi connectivity index (χ1) is 11.0. The zero-order chi connectivity index (χ0) is 16.4. The normalized spacial score (nSPS) is 21.0. The standard InChI is InChI=1S/C17H21N3O3/c1-11(21)18-13-5-7-14(8-6-13)19-17(23)12-9-16(22)20(10-12)15-3-2-4-15/h5-8,12,15H,2-4,9-10H2,1H3,(H,18,21)(H,19,23). The van der Waals surface area contributed by atoms with Crippen LogP contribution in [0.4, 0.5) is 11.4 Å². The Balaban J connectivity index is 1.56. The molecule has 1 saturated carbocycles. The van der Waals surface area contributed by atoms with Crippen LogP contribution < -0.4 is 10.6 Å². The maximum Gasteiger partial charge on any atom is 0.229 e. The fourth-order valence-corrected chi connectivity index (χ4v) is 3.04. The molecule has 1 aliphatic heterocycles. The number of benzene rings is 1. The summed E-state index contributed by atoms with van der Waals surface area (Å²) in [6.07, 6.45) is 3.59. The van der Waals surface area contributed by atoms with Gasteiger partial charge in [0.15, 0.2) is 0 Å². The van der Waals surface area contributed by atoms with Crippen molar-refractivity contribution in [3.05, 3.63) is 24.3 Å². The predicted molar refractivity (Wildman–Crippen MR) is 86.8 cm³/mol. The van der Waals surface area contributed by atoms with Crippen molar-refractivity contribution in [1.29, 1.82) is 0 Å². The van der Waals surface area contributed by atoms with E-state index in [1.807, 2.05) is 4.90 Å². The molecule has 122 valence electrons. The third-order valence-corrected chi connectivity index (χ3v) is 4.52. The second kappa shape index (κ2) is 6.40. The average molecular weight is 315 g/mol. The van der Waals surface area contributed by atoms with Crippen LogP contribution in [-0.2, 0) is 14.4 Å². The molecule has 0 radical (unpaired) electrons. The summed E-state index contributed by atoms with van der Waals surface area (Å²) in [7, 11) is 0. The molecule has 1 saturated heterocycles. The van der Waals surface area contributed by atoms with Gasteiger partial charge < -0.3 is 15.5 Å². The van der Waals surface area contributed by atoms with E-state index in [9.17, 15) is 14.4 Å². The van der Waals surface area contributed by atoms with Gasteiger partial charge in [0.25, 0.3) is 0 Å². The molecule has 2 fully saturated rings. The van der Waals surface area contributed by atoms with E-state index in [4.69, 9.17) is 0 Å². The summed E-state index contributed by atoms with van der Waals surface area (Å²) in [6.45, 7) is 1.97. The molecule has 1 atom stereocenters. The Morgan fingerprint density at radius 1 is 1.09 bits per heavy atom. The Bertz CT molecular complexity index is 622. The van der Waals surface area contributed by atoms with Crippen molar-refractivity contribution < 1.29 is 14.4 Å². The van der Waals surface area contributed by atoms with Gasteiger partial charge >= 0.3 is 0 Å². The van der Waals surface area contributed by atoms with E-state index in [1.54, 1.807) is 24.3 Å². The molecule has 1 aliphatic carbocycles. The summed E-state index contributed by atoms with van der Waals surface area (Å²) in [5.74, 6) is -0.441. The van der Waals surface area contributed by atoms with Crippen molar-refractivity contribution in [1.82, 2.24) is 4.90 Å². The molecular formula is C17H21N3O3. The molecule has 6 heteroatoms. The molecule has 3 amide bonds. The number of rotatable bonds is 4. The van der Waals surface area contributed by atoms with Gasteiger partial charge in [0.1, 0.15) is 0 Å². The third-order valence-electron chi connectivity index (χ3n) is 4.52. The second-order valence-electron chi connectivity index (χ2n) is 6.28. The van der Waals surface area contributed by atoms with Crippen molar-refractivity contribution in [2.45, 2.75) is 38.6 Å². The van der Waals surface area contributed by atoms with Gasteiger partial charge in [0, 0.05) is 37.3 Å². The summed E-state index contributed by atoms with van der Waals surface area (Å²) >= 11 is 0. The van der Waals surface area contributed by atoms with Crippen LogP contribution in [0.15, 0.2) is 24.3 Å². The summed E-state index contributed by atoms with van der Waals surface area (Å²) < 4.78 is 0. The summed E-state index contributed by atoms with van der Waals surface area (Å²) in [6, 6.07) is 7.29. The molecule has 23 heavy (non-hydrogen) atoms. The number of nitrogens with zero attached hydrogens (tertiary/aromatic N) is 1. The largest absolute Gasteiger partial charge is 0.339 e. The highest BCUT2D eigenvalue weighted by atomic mass is 16.2. The van der Waals surface area contributed by atoms with E-state index < -0.39 is 0 Å². The van der Waals surface area contributed by atoms with Gasteiger partial charge in [-0.15, -0.1) is 0 Å². The number of carbonyl (C=O) groups excluding carboxylic acids is 3. The quantitative estimate of drug-likeness (QED) is 0.892. The SMILES string of the molecule is CC(=O)Nc1ccc(NC(=O)C2CC(=O)N(C3CCC3)C2)cc1. The van der Waals surface area contributed by atoms with E-state index in [-0.39, 0.29) is 23.6 Å². The van der Waals surface area contributed by atoms with Crippen molar-refractivity contribution in [3.63, 3.8) is 0 Å². The van der Waals surface area contributed by atoms with Crippen molar-refractivity contribution in [3.8, 4) is 0 Å². The smallest absolute Gasteiger partial charge is 0.229 e. The zero-order valence-electron chi connectivity index (χ0n) is 13.2. The van der Waals surface area contributed by atoms with Crippen LogP contribution in [0.2, 0.25) is 0 Å². The molecule has 0 aromatic heterocycles. The van der Waals surface area contributed by atoms with E-state index in [0.29, 0.717) is 30.4 Å². The average Bonchev–Trinajstić information content (AvgIpc) is 2.81. The van der Waals surface area contributed by atoms with Crippen LogP contribution in [0.3, 0.4) is 0 Å². The van der Waals surface area contributed by atoms with Crippen LogP contribution in [0.1, 0.15) is 32.6 Å². The first-order valence-electron chi connectivity index (χ1n) is 8.01. The molecule has 2 aliphatic rings. The third kappa shape index (κ3) is 3.52. The molecule has 3 rings (SSSR count). The van der Waals surface area contributed by atoms with Crippen molar-refractivity contribution >= 4 is 29.1 Å². The minimum atomic E-state index is -0.280. The Hall–Kier alpha value is -2.37. The van der Waals surface area contributed by atoms with Crippen molar-refractivity contribution in [2.75, 3.05) is 17.2 Å². The number of carbonyl (C=O) groups is 3. The van der Waals surface area contributed by atoms with Crippen LogP contribution in [0, 0.1) is 5.92 Å². The van der Waals surface area contributed by atoms with Crippen LogP contribution in [0.25, 0.3) is 0 Å². The molecule has 1 aromatic rings. The number of hydrogen-bond acceptors (Lipinski definition) is 3. The Kier molecular flexibility index (Phi) is 4.32. The minimum absolute atomic E-state index is 0.0934. The Labute approximate surface area is 135 Å². The van der Waals surface area contributed by atoms with Crippen LogP contribution >= 0.6 is 0 Å². The topological polar surface area (TPSA) is 78.5 Å². The highest BCUT2D eigenvalue weighted by Gasteiger charge is 2.39. The molecular weight excluding hydrogens is 294 g/mol. The van der Waals surface area contributed by atoms with E-state index >= 15 is 0 Å². The van der Waals surface area contributed by atoms with E-state index in [1.165, 1.54) is 13.3 Å². The lowest BCUT2D eigenvalue weighted by Gasteiger charge is -2.34. The molecule has 1 aromatic carbocycles. The highest BCUT2D eigenvalue weighted by Crippen LogP contribution is 2.31. The fraction of sp³-hybridized carbons (Fsp3) is 0.471. The van der Waals surface area contributed by atoms with Gasteiger partial charge in [-0.3, -0.25) is 14.4 Å². The van der Waals surface area contributed by atoms with Gasteiger partial charge in [0.2, 0.25) is 17.7 Å². The Morgan fingerprint density at radius 2 is 1.70 bits per heavy atom. The fourth-order valence-electron chi connectivity index (χ4n) is 3.04. The predicted octanol–water partition coefficient (Wildman–Crippen LogP) is 1.98. The summed E-state index contributed by atoms with van der Waals surface area (Å²) in [5, 5.41) is 5.52. The van der Waals surface area contributed by atoms with Gasteiger partial charge in [-0.2, -0.15) is 0 Å². The molecule has 1 unspecified atom stereocenters. The van der Waals surface area contributed by atoms with Gasteiger partial charge in [-0.25, -0.2) is 0 Å². The van der Waals surface area contributed by atoms with Gasteiger partial charge in [0.05, 0.1) is 5.92 Å². The maximum atomic E-state index is 12.3. The minimum Gasteiger partial charge on any atom is -0.339 e. The molecule has 0 spiro atoms. The van der Waals surface area contributed by atoms with Gasteiger partial charge in [-0.05, 0) is 43.5 Å².